The van der Waals surface area contributed by atoms with Crippen molar-refractivity contribution in [3.63, 3.8) is 0 Å². The highest BCUT2D eigenvalue weighted by molar-refractivity contribution is 4.99. The van der Waals surface area contributed by atoms with E-state index in [1.165, 1.54) is 0 Å². The smallest absolute Gasteiger partial charge is 0.314 e. The van der Waals surface area contributed by atoms with Gasteiger partial charge in [0.05, 0.1) is 0 Å². The van der Waals surface area contributed by atoms with Crippen LogP contribution in [-0.2, 0) is 6.54 Å². The van der Waals surface area contributed by atoms with Crippen LogP contribution in [0.1, 0.15) is 38.7 Å². The van der Waals surface area contributed by atoms with Gasteiger partial charge in [0.1, 0.15) is 0 Å². The molecule has 96 valence electrons. The number of aromatic nitrogens is 2. The molecule has 1 heterocycles. The topological polar surface area (TPSA) is 46.9 Å². The van der Waals surface area contributed by atoms with Gasteiger partial charge in [0.2, 0.25) is 0 Å². The molecule has 0 spiro atoms. The molecule has 1 atom stereocenters. The maximum absolute atomic E-state index is 11.5. The Labute approximate surface area is 103 Å². The van der Waals surface area contributed by atoms with Gasteiger partial charge in [-0.15, -0.1) is 0 Å². The lowest BCUT2D eigenvalue weighted by Crippen LogP contribution is -2.28. The van der Waals surface area contributed by atoms with E-state index in [9.17, 15) is 4.79 Å². The molecule has 0 aliphatic carbocycles. The monoisotopic (exact) mass is 237 g/mol. The van der Waals surface area contributed by atoms with Crippen molar-refractivity contribution in [3.05, 3.63) is 28.4 Å². The second kappa shape index (κ2) is 7.22. The summed E-state index contributed by atoms with van der Waals surface area (Å²) in [6, 6.07) is 0.517. The lowest BCUT2D eigenvalue weighted by Gasteiger charge is -2.13. The first-order valence-corrected chi connectivity index (χ1v) is 6.40. The van der Waals surface area contributed by atoms with Crippen molar-refractivity contribution >= 4 is 0 Å². The molecule has 0 fully saturated rings. The van der Waals surface area contributed by atoms with Crippen molar-refractivity contribution < 1.29 is 0 Å². The van der Waals surface area contributed by atoms with Crippen LogP contribution in [0.25, 0.3) is 0 Å². The Balaban J connectivity index is 2.35. The highest BCUT2D eigenvalue weighted by atomic mass is 16.1. The van der Waals surface area contributed by atoms with E-state index < -0.39 is 0 Å². The zero-order chi connectivity index (χ0) is 12.7. The predicted octanol–water partition coefficient (Wildman–Crippen LogP) is 1.72. The van der Waals surface area contributed by atoms with E-state index in [1.54, 1.807) is 10.8 Å². The van der Waals surface area contributed by atoms with Crippen LogP contribution >= 0.6 is 0 Å². The lowest BCUT2D eigenvalue weighted by atomic mass is 10.2. The molecule has 0 amide bonds. The van der Waals surface area contributed by atoms with Gasteiger partial charge in [0, 0.05) is 25.0 Å². The summed E-state index contributed by atoms with van der Waals surface area (Å²) in [5.41, 5.74) is 0.881. The van der Waals surface area contributed by atoms with Gasteiger partial charge in [-0.05, 0) is 45.2 Å². The largest absolute Gasteiger partial charge is 0.347 e. The Hall–Kier alpha value is -1.16. The molecule has 4 nitrogen and oxygen atoms in total. The van der Waals surface area contributed by atoms with Crippen molar-refractivity contribution in [1.82, 2.24) is 14.9 Å². The van der Waals surface area contributed by atoms with Crippen molar-refractivity contribution in [2.24, 2.45) is 0 Å². The molecule has 1 unspecified atom stereocenters. The fourth-order valence-corrected chi connectivity index (χ4v) is 1.79. The second-order valence-electron chi connectivity index (χ2n) is 4.60. The average molecular weight is 237 g/mol. The average Bonchev–Trinajstić information content (AvgIpc) is 2.31. The molecule has 0 aromatic carbocycles. The second-order valence-corrected chi connectivity index (χ2v) is 4.60. The van der Waals surface area contributed by atoms with Gasteiger partial charge in [-0.2, -0.15) is 0 Å². The van der Waals surface area contributed by atoms with Gasteiger partial charge < -0.3 is 5.32 Å². The minimum Gasteiger partial charge on any atom is -0.314 e. The molecule has 1 aromatic rings. The number of nitrogens with zero attached hydrogens (tertiary/aromatic N) is 2. The van der Waals surface area contributed by atoms with E-state index in [-0.39, 0.29) is 5.69 Å². The Kier molecular flexibility index (Phi) is 5.91. The first-order valence-electron chi connectivity index (χ1n) is 6.40. The summed E-state index contributed by atoms with van der Waals surface area (Å²) in [7, 11) is 0. The molecular formula is C13H23N3O. The van der Waals surface area contributed by atoms with Crippen LogP contribution in [0.4, 0.5) is 0 Å². The van der Waals surface area contributed by atoms with Crippen LogP contribution in [0.2, 0.25) is 0 Å². The molecule has 0 saturated heterocycles. The molecule has 0 bridgehead atoms. The highest BCUT2D eigenvalue weighted by Gasteiger charge is 2.02. The van der Waals surface area contributed by atoms with Crippen molar-refractivity contribution in [2.75, 3.05) is 6.54 Å². The normalized spacial score (nSPS) is 12.6. The summed E-state index contributed by atoms with van der Waals surface area (Å²) < 4.78 is 1.70. The Morgan fingerprint density at radius 1 is 1.53 bits per heavy atom. The van der Waals surface area contributed by atoms with Crippen LogP contribution < -0.4 is 11.0 Å². The third-order valence-electron chi connectivity index (χ3n) is 2.76. The van der Waals surface area contributed by atoms with E-state index in [4.69, 9.17) is 0 Å². The van der Waals surface area contributed by atoms with Crippen LogP contribution in [0.3, 0.4) is 0 Å². The SMILES string of the molecule is CCCNC(C)CCCn1cc(C)cnc1=O. The van der Waals surface area contributed by atoms with E-state index in [0.717, 1.165) is 37.9 Å². The van der Waals surface area contributed by atoms with Crippen LogP contribution in [-0.4, -0.2) is 22.1 Å². The van der Waals surface area contributed by atoms with Crippen molar-refractivity contribution in [2.45, 2.75) is 52.6 Å². The van der Waals surface area contributed by atoms with Gasteiger partial charge in [-0.3, -0.25) is 4.57 Å². The number of hydrogen-bond acceptors (Lipinski definition) is 3. The van der Waals surface area contributed by atoms with Crippen molar-refractivity contribution in [3.8, 4) is 0 Å². The number of aryl methyl sites for hydroxylation is 2. The zero-order valence-corrected chi connectivity index (χ0v) is 11.1. The molecule has 0 radical (unpaired) electrons. The maximum Gasteiger partial charge on any atom is 0.347 e. The summed E-state index contributed by atoms with van der Waals surface area (Å²) in [4.78, 5) is 15.3. The van der Waals surface area contributed by atoms with Gasteiger partial charge in [0.15, 0.2) is 0 Å². The molecular weight excluding hydrogens is 214 g/mol. The first kappa shape index (κ1) is 13.9. The molecule has 1 aromatic heterocycles. The van der Waals surface area contributed by atoms with Crippen LogP contribution in [0, 0.1) is 6.92 Å². The summed E-state index contributed by atoms with van der Waals surface area (Å²) in [6.07, 6.45) is 6.73. The van der Waals surface area contributed by atoms with Gasteiger partial charge in [0.25, 0.3) is 0 Å². The minimum atomic E-state index is -0.148. The van der Waals surface area contributed by atoms with Crippen molar-refractivity contribution in [1.29, 1.82) is 0 Å². The molecule has 0 aliphatic heterocycles. The third kappa shape index (κ3) is 5.13. The van der Waals surface area contributed by atoms with E-state index in [2.05, 4.69) is 24.1 Å². The fraction of sp³-hybridized carbons (Fsp3) is 0.692. The molecule has 17 heavy (non-hydrogen) atoms. The summed E-state index contributed by atoms with van der Waals surface area (Å²) in [5.74, 6) is 0. The summed E-state index contributed by atoms with van der Waals surface area (Å²) in [5, 5.41) is 3.44. The highest BCUT2D eigenvalue weighted by Crippen LogP contribution is 1.99. The van der Waals surface area contributed by atoms with Gasteiger partial charge >= 0.3 is 5.69 Å². The van der Waals surface area contributed by atoms with Crippen LogP contribution in [0.15, 0.2) is 17.2 Å². The minimum absolute atomic E-state index is 0.148. The number of nitrogens with one attached hydrogen (secondary N) is 1. The number of hydrogen-bond donors (Lipinski definition) is 1. The molecule has 4 heteroatoms. The van der Waals surface area contributed by atoms with E-state index in [1.807, 2.05) is 13.1 Å². The third-order valence-corrected chi connectivity index (χ3v) is 2.76. The maximum atomic E-state index is 11.5. The van der Waals surface area contributed by atoms with Gasteiger partial charge in [-0.1, -0.05) is 6.92 Å². The summed E-state index contributed by atoms with van der Waals surface area (Å²) in [6.45, 7) is 8.12. The van der Waals surface area contributed by atoms with E-state index in [0.29, 0.717) is 6.04 Å². The Morgan fingerprint density at radius 2 is 2.29 bits per heavy atom. The number of rotatable bonds is 7. The standard InChI is InChI=1S/C13H23N3O/c1-4-7-14-12(3)6-5-8-16-10-11(2)9-15-13(16)17/h9-10,12,14H,4-8H2,1-3H3. The predicted molar refractivity (Wildman–Crippen MR) is 70.2 cm³/mol. The fourth-order valence-electron chi connectivity index (χ4n) is 1.79. The lowest BCUT2D eigenvalue weighted by molar-refractivity contribution is 0.470. The molecule has 1 N–H and O–H groups in total. The molecule has 1 rings (SSSR count). The summed E-state index contributed by atoms with van der Waals surface area (Å²) >= 11 is 0. The first-order chi connectivity index (χ1) is 8.13. The van der Waals surface area contributed by atoms with Gasteiger partial charge in [-0.25, -0.2) is 9.78 Å². The van der Waals surface area contributed by atoms with E-state index >= 15 is 0 Å². The Bertz CT molecular complexity index is 386. The molecule has 0 saturated carbocycles. The van der Waals surface area contributed by atoms with Crippen LogP contribution in [0.5, 0.6) is 0 Å². The zero-order valence-electron chi connectivity index (χ0n) is 11.1. The molecule has 0 aliphatic rings. The Morgan fingerprint density at radius 3 is 3.00 bits per heavy atom. The quantitative estimate of drug-likeness (QED) is 0.785.